The Morgan fingerprint density at radius 1 is 1.50 bits per heavy atom. The van der Waals surface area contributed by atoms with Gasteiger partial charge < -0.3 is 15.7 Å². The molecule has 0 aromatic carbocycles. The van der Waals surface area contributed by atoms with E-state index in [0.29, 0.717) is 12.8 Å². The predicted molar refractivity (Wildman–Crippen MR) is 80.1 cm³/mol. The van der Waals surface area contributed by atoms with Gasteiger partial charge in [0.1, 0.15) is 5.54 Å². The van der Waals surface area contributed by atoms with Crippen molar-refractivity contribution in [1.82, 2.24) is 10.6 Å². The Labute approximate surface area is 123 Å². The highest BCUT2D eigenvalue weighted by Crippen LogP contribution is 2.13. The number of urea groups is 1. The molecule has 0 aliphatic rings. The van der Waals surface area contributed by atoms with Crippen molar-refractivity contribution in [2.45, 2.75) is 51.6 Å². The molecule has 1 rings (SSSR count). The minimum Gasteiger partial charge on any atom is -0.480 e. The second-order valence-corrected chi connectivity index (χ2v) is 6.20. The van der Waals surface area contributed by atoms with Crippen molar-refractivity contribution < 1.29 is 14.7 Å². The highest BCUT2D eigenvalue weighted by atomic mass is 32.1. The monoisotopic (exact) mass is 298 g/mol. The molecule has 1 aromatic heterocycles. The molecule has 0 fully saturated rings. The molecule has 112 valence electrons. The second kappa shape index (κ2) is 7.28. The number of carbonyl (C=O) groups excluding carboxylic acids is 1. The van der Waals surface area contributed by atoms with Crippen LogP contribution in [0.15, 0.2) is 17.5 Å². The third kappa shape index (κ3) is 4.85. The van der Waals surface area contributed by atoms with Crippen LogP contribution in [0.3, 0.4) is 0 Å². The van der Waals surface area contributed by atoms with E-state index in [2.05, 4.69) is 10.6 Å². The zero-order valence-corrected chi connectivity index (χ0v) is 12.9. The minimum absolute atomic E-state index is 0.0479. The van der Waals surface area contributed by atoms with Crippen LogP contribution in [-0.2, 0) is 11.2 Å². The standard InChI is InChI=1S/C14H22N2O3S/c1-4-7-14(3,12(17)18)16-13(19)15-10(2)9-11-6-5-8-20-11/h5-6,8,10H,4,7,9H2,1-3H3,(H,17,18)(H2,15,16,19). The van der Waals surface area contributed by atoms with Crippen LogP contribution in [0, 0.1) is 0 Å². The molecule has 3 N–H and O–H groups in total. The molecule has 1 heterocycles. The van der Waals surface area contributed by atoms with E-state index in [9.17, 15) is 14.7 Å². The number of hydrogen-bond donors (Lipinski definition) is 3. The van der Waals surface area contributed by atoms with Crippen molar-refractivity contribution in [3.8, 4) is 0 Å². The predicted octanol–water partition coefficient (Wildman–Crippen LogP) is 2.62. The fraction of sp³-hybridized carbons (Fsp3) is 0.571. The summed E-state index contributed by atoms with van der Waals surface area (Å²) in [4.78, 5) is 24.3. The van der Waals surface area contributed by atoms with Crippen LogP contribution in [0.5, 0.6) is 0 Å². The summed E-state index contributed by atoms with van der Waals surface area (Å²) in [6.45, 7) is 5.32. The number of carbonyl (C=O) groups is 2. The van der Waals surface area contributed by atoms with Gasteiger partial charge in [0.05, 0.1) is 0 Å². The Morgan fingerprint density at radius 3 is 2.70 bits per heavy atom. The van der Waals surface area contributed by atoms with Crippen LogP contribution >= 0.6 is 11.3 Å². The molecule has 2 atom stereocenters. The Bertz CT molecular complexity index is 447. The van der Waals surface area contributed by atoms with Gasteiger partial charge in [0.25, 0.3) is 0 Å². The van der Waals surface area contributed by atoms with E-state index in [0.717, 1.165) is 6.42 Å². The molecule has 0 aliphatic heterocycles. The zero-order chi connectivity index (χ0) is 15.2. The second-order valence-electron chi connectivity index (χ2n) is 5.17. The molecule has 1 aromatic rings. The molecule has 5 nitrogen and oxygen atoms in total. The van der Waals surface area contributed by atoms with Gasteiger partial charge in [-0.1, -0.05) is 19.4 Å². The Morgan fingerprint density at radius 2 is 2.20 bits per heavy atom. The molecule has 0 aliphatic carbocycles. The fourth-order valence-corrected chi connectivity index (χ4v) is 2.85. The van der Waals surface area contributed by atoms with E-state index in [1.54, 1.807) is 11.3 Å². The molecule has 2 amide bonds. The average Bonchev–Trinajstić information content (AvgIpc) is 2.80. The third-order valence-corrected chi connectivity index (χ3v) is 3.98. The van der Waals surface area contributed by atoms with E-state index >= 15 is 0 Å². The average molecular weight is 298 g/mol. The maximum Gasteiger partial charge on any atom is 0.329 e. The van der Waals surface area contributed by atoms with Crippen LogP contribution in [0.25, 0.3) is 0 Å². The minimum atomic E-state index is -1.22. The van der Waals surface area contributed by atoms with Gasteiger partial charge in [-0.25, -0.2) is 9.59 Å². The summed E-state index contributed by atoms with van der Waals surface area (Å²) in [7, 11) is 0. The maximum atomic E-state index is 11.9. The molecule has 20 heavy (non-hydrogen) atoms. The first kappa shape index (κ1) is 16.5. The number of carboxylic acid groups (broad SMARTS) is 1. The largest absolute Gasteiger partial charge is 0.480 e. The van der Waals surface area contributed by atoms with Gasteiger partial charge in [-0.2, -0.15) is 0 Å². The van der Waals surface area contributed by atoms with Gasteiger partial charge >= 0.3 is 12.0 Å². The highest BCUT2D eigenvalue weighted by molar-refractivity contribution is 7.09. The van der Waals surface area contributed by atoms with Gasteiger partial charge in [-0.15, -0.1) is 11.3 Å². The molecule has 0 radical (unpaired) electrons. The lowest BCUT2D eigenvalue weighted by Gasteiger charge is -2.26. The zero-order valence-electron chi connectivity index (χ0n) is 12.1. The first-order valence-electron chi connectivity index (χ1n) is 6.72. The van der Waals surface area contributed by atoms with Crippen LogP contribution in [0.2, 0.25) is 0 Å². The molecule has 0 saturated heterocycles. The summed E-state index contributed by atoms with van der Waals surface area (Å²) in [5, 5.41) is 16.5. The van der Waals surface area contributed by atoms with Crippen molar-refractivity contribution >= 4 is 23.3 Å². The number of amides is 2. The van der Waals surface area contributed by atoms with Crippen molar-refractivity contribution in [2.75, 3.05) is 0 Å². The Hall–Kier alpha value is -1.56. The summed E-state index contributed by atoms with van der Waals surface area (Å²) < 4.78 is 0. The van der Waals surface area contributed by atoms with Crippen molar-refractivity contribution in [1.29, 1.82) is 0 Å². The number of thiophene rings is 1. The van der Waals surface area contributed by atoms with E-state index in [1.807, 2.05) is 31.4 Å². The number of rotatable bonds is 7. The van der Waals surface area contributed by atoms with E-state index in [4.69, 9.17) is 0 Å². The fourth-order valence-electron chi connectivity index (χ4n) is 2.01. The number of carboxylic acids is 1. The summed E-state index contributed by atoms with van der Waals surface area (Å²) in [6, 6.07) is 3.50. The molecule has 0 bridgehead atoms. The van der Waals surface area contributed by atoms with Gasteiger partial charge in [0, 0.05) is 17.3 Å². The molecule has 0 saturated carbocycles. The topological polar surface area (TPSA) is 78.4 Å². The van der Waals surface area contributed by atoms with Gasteiger partial charge in [-0.3, -0.25) is 0 Å². The lowest BCUT2D eigenvalue weighted by molar-refractivity contribution is -0.144. The van der Waals surface area contributed by atoms with Crippen LogP contribution in [0.4, 0.5) is 4.79 Å². The number of aliphatic carboxylic acids is 1. The summed E-state index contributed by atoms with van der Waals surface area (Å²) in [5.74, 6) is -1.01. The molecular formula is C14H22N2O3S. The maximum absolute atomic E-state index is 11.9. The summed E-state index contributed by atoms with van der Waals surface area (Å²) >= 11 is 1.64. The first-order valence-corrected chi connectivity index (χ1v) is 7.60. The summed E-state index contributed by atoms with van der Waals surface area (Å²) in [5.41, 5.74) is -1.22. The van der Waals surface area contributed by atoms with Crippen molar-refractivity contribution in [3.63, 3.8) is 0 Å². The Kier molecular flexibility index (Phi) is 6.01. The molecular weight excluding hydrogens is 276 g/mol. The summed E-state index contributed by atoms with van der Waals surface area (Å²) in [6.07, 6.45) is 1.82. The van der Waals surface area contributed by atoms with Crippen LogP contribution < -0.4 is 10.6 Å². The van der Waals surface area contributed by atoms with Crippen LogP contribution in [0.1, 0.15) is 38.5 Å². The number of hydrogen-bond acceptors (Lipinski definition) is 3. The first-order chi connectivity index (χ1) is 9.37. The lowest BCUT2D eigenvalue weighted by atomic mass is 9.96. The molecule has 2 unspecified atom stereocenters. The third-order valence-electron chi connectivity index (χ3n) is 3.08. The van der Waals surface area contributed by atoms with E-state index in [1.165, 1.54) is 11.8 Å². The van der Waals surface area contributed by atoms with Gasteiger partial charge in [0.2, 0.25) is 0 Å². The van der Waals surface area contributed by atoms with E-state index in [-0.39, 0.29) is 6.04 Å². The van der Waals surface area contributed by atoms with E-state index < -0.39 is 17.5 Å². The number of nitrogens with one attached hydrogen (secondary N) is 2. The molecule has 6 heteroatoms. The van der Waals surface area contributed by atoms with Gasteiger partial charge in [0.15, 0.2) is 0 Å². The lowest BCUT2D eigenvalue weighted by Crippen LogP contribution is -2.56. The van der Waals surface area contributed by atoms with Crippen LogP contribution in [-0.4, -0.2) is 28.7 Å². The smallest absolute Gasteiger partial charge is 0.329 e. The van der Waals surface area contributed by atoms with Gasteiger partial charge in [-0.05, 0) is 31.7 Å². The highest BCUT2D eigenvalue weighted by Gasteiger charge is 2.33. The SMILES string of the molecule is CCCC(C)(NC(=O)NC(C)Cc1cccs1)C(=O)O. The Balaban J connectivity index is 2.51. The van der Waals surface area contributed by atoms with Crippen molar-refractivity contribution in [2.24, 2.45) is 0 Å². The van der Waals surface area contributed by atoms with Crippen molar-refractivity contribution in [3.05, 3.63) is 22.4 Å². The normalized spacial score (nSPS) is 15.2. The molecule has 0 spiro atoms. The quantitative estimate of drug-likeness (QED) is 0.724.